The van der Waals surface area contributed by atoms with Gasteiger partial charge in [0, 0.05) is 25.2 Å². The number of hydrogen-bond donors (Lipinski definition) is 1. The number of carbonyl (C=O) groups excluding carboxylic acids is 1. The van der Waals surface area contributed by atoms with Crippen molar-refractivity contribution in [2.75, 3.05) is 13.1 Å². The summed E-state index contributed by atoms with van der Waals surface area (Å²) >= 11 is 0. The second-order valence-electron chi connectivity index (χ2n) is 8.17. The molecule has 1 saturated heterocycles. The van der Waals surface area contributed by atoms with Crippen molar-refractivity contribution in [3.63, 3.8) is 0 Å². The van der Waals surface area contributed by atoms with E-state index in [0.29, 0.717) is 48.9 Å². The summed E-state index contributed by atoms with van der Waals surface area (Å²) in [5.41, 5.74) is 0.857. The topological polar surface area (TPSA) is 83.6 Å². The highest BCUT2D eigenvalue weighted by atomic mass is 16.4. The minimum atomic E-state index is -1.04. The van der Waals surface area contributed by atoms with Gasteiger partial charge in [-0.2, -0.15) is 0 Å². The summed E-state index contributed by atoms with van der Waals surface area (Å²) in [7, 11) is 0. The number of aliphatic hydroxyl groups is 1. The van der Waals surface area contributed by atoms with Gasteiger partial charge in [0.25, 0.3) is 5.91 Å². The zero-order chi connectivity index (χ0) is 19.9. The van der Waals surface area contributed by atoms with Gasteiger partial charge in [0.1, 0.15) is 16.9 Å². The van der Waals surface area contributed by atoms with Crippen molar-refractivity contribution in [3.05, 3.63) is 63.0 Å². The molecule has 6 heteroatoms. The highest BCUT2D eigenvalue weighted by Crippen LogP contribution is 2.36. The van der Waals surface area contributed by atoms with E-state index in [9.17, 15) is 14.7 Å². The first kappa shape index (κ1) is 18.9. The molecule has 148 valence electrons. The molecule has 0 radical (unpaired) electrons. The van der Waals surface area contributed by atoms with Crippen LogP contribution in [0.2, 0.25) is 0 Å². The Morgan fingerprint density at radius 3 is 2.50 bits per heavy atom. The van der Waals surface area contributed by atoms with Crippen LogP contribution in [0.5, 0.6) is 0 Å². The van der Waals surface area contributed by atoms with Gasteiger partial charge in [-0.15, -0.1) is 0 Å². The van der Waals surface area contributed by atoms with Crippen molar-refractivity contribution in [2.45, 2.75) is 57.5 Å². The van der Waals surface area contributed by atoms with Crippen LogP contribution in [-0.2, 0) is 5.60 Å². The van der Waals surface area contributed by atoms with E-state index in [1.54, 1.807) is 18.0 Å². The van der Waals surface area contributed by atoms with E-state index in [2.05, 4.69) is 4.98 Å². The summed E-state index contributed by atoms with van der Waals surface area (Å²) < 4.78 is 5.46. The fourth-order valence-corrected chi connectivity index (χ4v) is 4.02. The number of carbonyl (C=O) groups is 1. The number of piperidine rings is 1. The van der Waals surface area contributed by atoms with Crippen LogP contribution in [0.3, 0.4) is 0 Å². The van der Waals surface area contributed by atoms with Crippen molar-refractivity contribution in [2.24, 2.45) is 0 Å². The van der Waals surface area contributed by atoms with E-state index in [1.807, 2.05) is 25.1 Å². The van der Waals surface area contributed by atoms with Gasteiger partial charge in [0.15, 0.2) is 0 Å². The third kappa shape index (κ3) is 3.37. The van der Waals surface area contributed by atoms with Crippen LogP contribution in [0.15, 0.2) is 33.6 Å². The molecule has 2 aliphatic rings. The Kier molecular flexibility index (Phi) is 4.83. The lowest BCUT2D eigenvalue weighted by Crippen LogP contribution is -2.46. The second-order valence-corrected chi connectivity index (χ2v) is 8.17. The molecular formula is C22H26N2O4. The molecule has 2 fully saturated rings. The highest BCUT2D eigenvalue weighted by Gasteiger charge is 2.37. The summed E-state index contributed by atoms with van der Waals surface area (Å²) in [5.74, 6) is 0.691. The normalized spacial score (nSPS) is 19.3. The predicted octanol–water partition coefficient (Wildman–Crippen LogP) is 3.04. The Morgan fingerprint density at radius 2 is 1.96 bits per heavy atom. The number of nitrogens with zero attached hydrogens (tertiary/aromatic N) is 2. The molecule has 1 N–H and O–H groups in total. The van der Waals surface area contributed by atoms with Gasteiger partial charge in [-0.25, -0.2) is 4.79 Å². The molecule has 0 aromatic carbocycles. The first-order valence-corrected chi connectivity index (χ1v) is 9.97. The molecule has 3 heterocycles. The average Bonchev–Trinajstić information content (AvgIpc) is 2.60. The lowest BCUT2D eigenvalue weighted by atomic mass is 9.83. The minimum absolute atomic E-state index is 0.113. The molecule has 0 spiro atoms. The van der Waals surface area contributed by atoms with Gasteiger partial charge in [0.05, 0.1) is 5.69 Å². The Hall–Kier alpha value is -2.47. The van der Waals surface area contributed by atoms with Crippen molar-refractivity contribution in [3.8, 4) is 0 Å². The van der Waals surface area contributed by atoms with Gasteiger partial charge < -0.3 is 14.4 Å². The first-order chi connectivity index (χ1) is 13.4. The van der Waals surface area contributed by atoms with E-state index in [4.69, 9.17) is 4.42 Å². The maximum absolute atomic E-state index is 13.0. The fourth-order valence-electron chi connectivity index (χ4n) is 4.02. The summed E-state index contributed by atoms with van der Waals surface area (Å²) in [6.45, 7) is 4.48. The Labute approximate surface area is 164 Å². The molecule has 2 aromatic heterocycles. The number of amides is 1. The molecule has 1 amide bonds. The van der Waals surface area contributed by atoms with Gasteiger partial charge in [-0.05, 0) is 62.8 Å². The molecule has 6 nitrogen and oxygen atoms in total. The van der Waals surface area contributed by atoms with Crippen LogP contribution in [0.1, 0.15) is 71.0 Å². The summed E-state index contributed by atoms with van der Waals surface area (Å²) in [6, 6.07) is 5.61. The standard InChI is InChI=1S/C22H26N2O4/c1-14-6-7-18(23-13-14)22(27)8-10-24(11-9-22)20(25)19-15(2)12-17(28-21(19)26)16-4-3-5-16/h6-7,12-13,16,27H,3-5,8-11H2,1-2H3. The van der Waals surface area contributed by atoms with Crippen LogP contribution in [0, 0.1) is 13.8 Å². The van der Waals surface area contributed by atoms with Gasteiger partial charge in [-0.1, -0.05) is 12.5 Å². The quantitative estimate of drug-likeness (QED) is 0.882. The van der Waals surface area contributed by atoms with Crippen molar-refractivity contribution in [1.82, 2.24) is 9.88 Å². The van der Waals surface area contributed by atoms with Crippen LogP contribution in [0.25, 0.3) is 0 Å². The first-order valence-electron chi connectivity index (χ1n) is 9.97. The second kappa shape index (κ2) is 7.17. The van der Waals surface area contributed by atoms with E-state index in [-0.39, 0.29) is 11.5 Å². The SMILES string of the molecule is Cc1ccc(C2(O)CCN(C(=O)c3c(C)cc(C4CCC4)oc3=O)CC2)nc1. The molecule has 28 heavy (non-hydrogen) atoms. The minimum Gasteiger partial charge on any atom is -0.427 e. The van der Waals surface area contributed by atoms with Crippen molar-refractivity contribution < 1.29 is 14.3 Å². The van der Waals surface area contributed by atoms with Gasteiger partial charge >= 0.3 is 5.63 Å². The molecule has 1 aliphatic carbocycles. The third-order valence-corrected chi connectivity index (χ3v) is 6.16. The van der Waals surface area contributed by atoms with Gasteiger partial charge in [-0.3, -0.25) is 9.78 Å². The predicted molar refractivity (Wildman–Crippen MR) is 104 cm³/mol. The molecule has 0 atom stereocenters. The summed E-state index contributed by atoms with van der Waals surface area (Å²) in [5, 5.41) is 11.0. The number of hydrogen-bond acceptors (Lipinski definition) is 5. The maximum Gasteiger partial charge on any atom is 0.349 e. The molecule has 4 rings (SSSR count). The van der Waals surface area contributed by atoms with E-state index in [0.717, 1.165) is 24.8 Å². The maximum atomic E-state index is 13.0. The smallest absolute Gasteiger partial charge is 0.349 e. The number of likely N-dealkylation sites (tertiary alicyclic amines) is 1. The fraction of sp³-hybridized carbons (Fsp3) is 0.500. The van der Waals surface area contributed by atoms with Crippen molar-refractivity contribution in [1.29, 1.82) is 0 Å². The number of aromatic nitrogens is 1. The van der Waals surface area contributed by atoms with E-state index < -0.39 is 11.2 Å². The summed E-state index contributed by atoms with van der Waals surface area (Å²) in [6.07, 6.45) is 5.74. The molecule has 0 unspecified atom stereocenters. The molecule has 0 bridgehead atoms. The van der Waals surface area contributed by atoms with Crippen LogP contribution >= 0.6 is 0 Å². The van der Waals surface area contributed by atoms with Crippen LogP contribution < -0.4 is 5.63 Å². The average molecular weight is 382 g/mol. The Bertz CT molecular complexity index is 936. The lowest BCUT2D eigenvalue weighted by molar-refractivity contribution is -0.0245. The molecule has 1 aliphatic heterocycles. The Balaban J connectivity index is 1.50. The summed E-state index contributed by atoms with van der Waals surface area (Å²) in [4.78, 5) is 31.4. The lowest BCUT2D eigenvalue weighted by Gasteiger charge is -2.37. The molecule has 1 saturated carbocycles. The van der Waals surface area contributed by atoms with E-state index in [1.165, 1.54) is 0 Å². The van der Waals surface area contributed by atoms with Crippen LogP contribution in [0.4, 0.5) is 0 Å². The number of pyridine rings is 1. The third-order valence-electron chi connectivity index (χ3n) is 6.16. The Morgan fingerprint density at radius 1 is 1.25 bits per heavy atom. The van der Waals surface area contributed by atoms with E-state index >= 15 is 0 Å². The van der Waals surface area contributed by atoms with Crippen LogP contribution in [-0.4, -0.2) is 34.0 Å². The largest absolute Gasteiger partial charge is 0.427 e. The van der Waals surface area contributed by atoms with Crippen molar-refractivity contribution >= 4 is 5.91 Å². The molecular weight excluding hydrogens is 356 g/mol. The zero-order valence-electron chi connectivity index (χ0n) is 16.4. The zero-order valence-corrected chi connectivity index (χ0v) is 16.4. The highest BCUT2D eigenvalue weighted by molar-refractivity contribution is 5.95. The monoisotopic (exact) mass is 382 g/mol. The molecule has 2 aromatic rings. The number of aryl methyl sites for hydroxylation is 2. The number of rotatable bonds is 3. The van der Waals surface area contributed by atoms with Gasteiger partial charge in [0.2, 0.25) is 0 Å².